The fourth-order valence-corrected chi connectivity index (χ4v) is 2.45. The third-order valence-corrected chi connectivity index (χ3v) is 3.74. The summed E-state index contributed by atoms with van der Waals surface area (Å²) < 4.78 is 24.5. The molecule has 0 aromatic heterocycles. The summed E-state index contributed by atoms with van der Waals surface area (Å²) in [7, 11) is 0. The first-order valence-corrected chi connectivity index (χ1v) is 7.76. The zero-order valence-corrected chi connectivity index (χ0v) is 13.3. The van der Waals surface area contributed by atoms with Crippen LogP contribution < -0.4 is 14.8 Å². The van der Waals surface area contributed by atoms with Gasteiger partial charge in [-0.3, -0.25) is 4.79 Å². The van der Waals surface area contributed by atoms with Crippen molar-refractivity contribution in [3.63, 3.8) is 0 Å². The monoisotopic (exact) mass is 327 g/mol. The average molecular weight is 327 g/mol. The SMILES string of the molecule is CC(NC(=O)/C=C/c1ccccc1F)c1ccc2c(c1)OCCO2. The van der Waals surface area contributed by atoms with Crippen molar-refractivity contribution in [1.82, 2.24) is 5.32 Å². The lowest BCUT2D eigenvalue weighted by Gasteiger charge is -2.20. The highest BCUT2D eigenvalue weighted by atomic mass is 19.1. The van der Waals surface area contributed by atoms with Gasteiger partial charge in [-0.05, 0) is 36.8 Å². The molecule has 3 rings (SSSR count). The summed E-state index contributed by atoms with van der Waals surface area (Å²) in [6.45, 7) is 2.93. The summed E-state index contributed by atoms with van der Waals surface area (Å²) in [5, 5.41) is 2.85. The van der Waals surface area contributed by atoms with Crippen LogP contribution in [0.1, 0.15) is 24.1 Å². The number of carbonyl (C=O) groups is 1. The minimum Gasteiger partial charge on any atom is -0.486 e. The molecule has 1 aliphatic heterocycles. The Morgan fingerprint density at radius 1 is 1.17 bits per heavy atom. The van der Waals surface area contributed by atoms with E-state index in [1.165, 1.54) is 18.2 Å². The number of fused-ring (bicyclic) bond motifs is 1. The van der Waals surface area contributed by atoms with Crippen molar-refractivity contribution in [2.24, 2.45) is 0 Å². The van der Waals surface area contributed by atoms with Crippen molar-refractivity contribution >= 4 is 12.0 Å². The van der Waals surface area contributed by atoms with Crippen LogP contribution in [-0.4, -0.2) is 19.1 Å². The summed E-state index contributed by atoms with van der Waals surface area (Å²) in [5.74, 6) is 0.742. The topological polar surface area (TPSA) is 47.6 Å². The van der Waals surface area contributed by atoms with E-state index in [0.717, 1.165) is 5.56 Å². The second-order valence-electron chi connectivity index (χ2n) is 5.49. The number of amides is 1. The minimum atomic E-state index is -0.360. The highest BCUT2D eigenvalue weighted by Crippen LogP contribution is 2.32. The van der Waals surface area contributed by atoms with Gasteiger partial charge in [-0.25, -0.2) is 4.39 Å². The Morgan fingerprint density at radius 2 is 1.92 bits per heavy atom. The molecule has 0 radical (unpaired) electrons. The number of hydrogen-bond donors (Lipinski definition) is 1. The molecule has 124 valence electrons. The van der Waals surface area contributed by atoms with Crippen molar-refractivity contribution in [2.75, 3.05) is 13.2 Å². The number of rotatable bonds is 4. The maximum Gasteiger partial charge on any atom is 0.244 e. The van der Waals surface area contributed by atoms with Gasteiger partial charge in [-0.2, -0.15) is 0 Å². The third kappa shape index (κ3) is 3.74. The largest absolute Gasteiger partial charge is 0.486 e. The van der Waals surface area contributed by atoms with Gasteiger partial charge in [0.05, 0.1) is 6.04 Å². The molecule has 2 aromatic carbocycles. The highest BCUT2D eigenvalue weighted by molar-refractivity contribution is 5.92. The van der Waals surface area contributed by atoms with Crippen LogP contribution in [0.4, 0.5) is 4.39 Å². The van der Waals surface area contributed by atoms with E-state index < -0.39 is 0 Å². The van der Waals surface area contributed by atoms with Gasteiger partial charge >= 0.3 is 0 Å². The van der Waals surface area contributed by atoms with Gasteiger partial charge in [0.15, 0.2) is 11.5 Å². The van der Waals surface area contributed by atoms with Crippen molar-refractivity contribution in [3.8, 4) is 11.5 Å². The second-order valence-corrected chi connectivity index (χ2v) is 5.49. The van der Waals surface area contributed by atoms with E-state index in [2.05, 4.69) is 5.32 Å². The predicted molar refractivity (Wildman–Crippen MR) is 89.4 cm³/mol. The molecule has 0 saturated heterocycles. The zero-order chi connectivity index (χ0) is 16.9. The quantitative estimate of drug-likeness (QED) is 0.875. The summed E-state index contributed by atoms with van der Waals surface area (Å²) in [5.41, 5.74) is 1.28. The van der Waals surface area contributed by atoms with E-state index in [1.54, 1.807) is 18.2 Å². The van der Waals surface area contributed by atoms with Crippen molar-refractivity contribution < 1.29 is 18.7 Å². The Hall–Kier alpha value is -2.82. The molecule has 1 unspecified atom stereocenters. The van der Waals surface area contributed by atoms with Crippen LogP contribution in [0.5, 0.6) is 11.5 Å². The van der Waals surface area contributed by atoms with Crippen LogP contribution in [-0.2, 0) is 4.79 Å². The van der Waals surface area contributed by atoms with Crippen LogP contribution in [0, 0.1) is 5.82 Å². The molecule has 1 N–H and O–H groups in total. The maximum atomic E-state index is 13.5. The van der Waals surface area contributed by atoms with Gasteiger partial charge in [0, 0.05) is 11.6 Å². The predicted octanol–water partition coefficient (Wildman–Crippen LogP) is 3.49. The lowest BCUT2D eigenvalue weighted by molar-refractivity contribution is -0.117. The van der Waals surface area contributed by atoms with Crippen LogP contribution in [0.25, 0.3) is 6.08 Å². The third-order valence-electron chi connectivity index (χ3n) is 3.74. The van der Waals surface area contributed by atoms with Crippen molar-refractivity contribution in [1.29, 1.82) is 0 Å². The lowest BCUT2D eigenvalue weighted by Crippen LogP contribution is -2.25. The van der Waals surface area contributed by atoms with Crippen LogP contribution >= 0.6 is 0 Å². The summed E-state index contributed by atoms with van der Waals surface area (Å²) in [4.78, 5) is 12.0. The molecule has 0 aliphatic carbocycles. The molecular weight excluding hydrogens is 309 g/mol. The molecular formula is C19H18FNO3. The van der Waals surface area contributed by atoms with Crippen LogP contribution in [0.3, 0.4) is 0 Å². The number of halogens is 1. The highest BCUT2D eigenvalue weighted by Gasteiger charge is 2.15. The standard InChI is InChI=1S/C19H18FNO3/c1-13(15-6-8-17-18(12-15)24-11-10-23-17)21-19(22)9-7-14-4-2-3-5-16(14)20/h2-9,12-13H,10-11H2,1H3,(H,21,22)/b9-7+. The fourth-order valence-electron chi connectivity index (χ4n) is 2.45. The first-order valence-electron chi connectivity index (χ1n) is 7.76. The summed E-state index contributed by atoms with van der Waals surface area (Å²) >= 11 is 0. The maximum absolute atomic E-state index is 13.5. The molecule has 0 spiro atoms. The Kier molecular flexibility index (Phi) is 4.79. The Labute approximate surface area is 139 Å². The molecule has 0 saturated carbocycles. The molecule has 5 heteroatoms. The van der Waals surface area contributed by atoms with Crippen LogP contribution in [0.15, 0.2) is 48.5 Å². The Bertz CT molecular complexity index is 773. The van der Waals surface area contributed by atoms with E-state index in [9.17, 15) is 9.18 Å². The minimum absolute atomic E-state index is 0.210. The zero-order valence-electron chi connectivity index (χ0n) is 13.3. The summed E-state index contributed by atoms with van der Waals surface area (Å²) in [6, 6.07) is 11.7. The molecule has 0 bridgehead atoms. The van der Waals surface area contributed by atoms with Crippen LogP contribution in [0.2, 0.25) is 0 Å². The van der Waals surface area contributed by atoms with E-state index in [1.807, 2.05) is 25.1 Å². The number of carbonyl (C=O) groups excluding carboxylic acids is 1. The van der Waals surface area contributed by atoms with E-state index >= 15 is 0 Å². The van der Waals surface area contributed by atoms with Gasteiger partial charge in [0.2, 0.25) is 5.91 Å². The first kappa shape index (κ1) is 16.1. The van der Waals surface area contributed by atoms with Gasteiger partial charge in [-0.1, -0.05) is 24.3 Å². The molecule has 4 nitrogen and oxygen atoms in total. The van der Waals surface area contributed by atoms with Crippen molar-refractivity contribution in [2.45, 2.75) is 13.0 Å². The smallest absolute Gasteiger partial charge is 0.244 e. The molecule has 2 aromatic rings. The normalized spacial score (nSPS) is 14.4. The van der Waals surface area contributed by atoms with Gasteiger partial charge in [0.25, 0.3) is 0 Å². The summed E-state index contributed by atoms with van der Waals surface area (Å²) in [6.07, 6.45) is 2.79. The second kappa shape index (κ2) is 7.17. The molecule has 1 aliphatic rings. The van der Waals surface area contributed by atoms with Gasteiger partial charge in [-0.15, -0.1) is 0 Å². The lowest BCUT2D eigenvalue weighted by atomic mass is 10.1. The number of benzene rings is 2. The molecule has 24 heavy (non-hydrogen) atoms. The number of ether oxygens (including phenoxy) is 2. The number of nitrogens with one attached hydrogen (secondary N) is 1. The molecule has 0 fully saturated rings. The van der Waals surface area contributed by atoms with E-state index in [4.69, 9.17) is 9.47 Å². The fraction of sp³-hybridized carbons (Fsp3) is 0.211. The molecule has 1 atom stereocenters. The number of hydrogen-bond acceptors (Lipinski definition) is 3. The average Bonchev–Trinajstić information content (AvgIpc) is 2.60. The first-order chi connectivity index (χ1) is 11.6. The van der Waals surface area contributed by atoms with Gasteiger partial charge in [0.1, 0.15) is 19.0 Å². The molecule has 1 amide bonds. The molecule has 1 heterocycles. The van der Waals surface area contributed by atoms with E-state index in [0.29, 0.717) is 30.3 Å². The van der Waals surface area contributed by atoms with E-state index in [-0.39, 0.29) is 17.8 Å². The van der Waals surface area contributed by atoms with Crippen molar-refractivity contribution in [3.05, 3.63) is 65.5 Å². The van der Waals surface area contributed by atoms with Gasteiger partial charge < -0.3 is 14.8 Å². The Balaban J connectivity index is 1.65. The Morgan fingerprint density at radius 3 is 2.71 bits per heavy atom.